The van der Waals surface area contributed by atoms with Gasteiger partial charge in [0, 0.05) is 18.4 Å². The van der Waals surface area contributed by atoms with Crippen LogP contribution in [0.15, 0.2) is 54.6 Å². The zero-order chi connectivity index (χ0) is 26.2. The summed E-state index contributed by atoms with van der Waals surface area (Å²) < 4.78 is 12.7. The Morgan fingerprint density at radius 2 is 1.47 bits per heavy atom. The Bertz CT molecular complexity index is 847. The first-order valence-corrected chi connectivity index (χ1v) is 14.1. The zero-order valence-electron chi connectivity index (χ0n) is 23.5. The maximum Gasteiger partial charge on any atom is 0.311 e. The second-order valence-corrected chi connectivity index (χ2v) is 10.9. The van der Waals surface area contributed by atoms with Gasteiger partial charge >= 0.3 is 5.97 Å². The van der Waals surface area contributed by atoms with E-state index in [9.17, 15) is 4.79 Å². The average molecular weight is 497 g/mol. The normalized spacial score (nSPS) is 13.2. The molecule has 2 atom stereocenters. The minimum Gasteiger partial charge on any atom is -0.455 e. The summed E-state index contributed by atoms with van der Waals surface area (Å²) in [5.74, 6) is 0.426. The van der Waals surface area contributed by atoms with Gasteiger partial charge in [-0.2, -0.15) is 0 Å². The highest BCUT2D eigenvalue weighted by molar-refractivity contribution is 5.72. The van der Waals surface area contributed by atoms with E-state index in [1.54, 1.807) is 0 Å². The van der Waals surface area contributed by atoms with Gasteiger partial charge in [-0.1, -0.05) is 95.3 Å². The van der Waals surface area contributed by atoms with Crippen molar-refractivity contribution in [3.63, 3.8) is 0 Å². The number of quaternary nitrogens is 1. The molecule has 0 saturated carbocycles. The van der Waals surface area contributed by atoms with Crippen LogP contribution in [0.5, 0.6) is 5.75 Å². The Balaban J connectivity index is 1.78. The molecule has 2 unspecified atom stereocenters. The third kappa shape index (κ3) is 12.1. The molecule has 4 heteroatoms. The fourth-order valence-corrected chi connectivity index (χ4v) is 4.44. The van der Waals surface area contributed by atoms with Crippen molar-refractivity contribution < 1.29 is 18.8 Å². The van der Waals surface area contributed by atoms with Crippen molar-refractivity contribution in [3.05, 3.63) is 65.7 Å². The number of aryl methyl sites for hydroxylation is 1. The molecule has 2 rings (SSSR count). The molecule has 0 aliphatic carbocycles. The summed E-state index contributed by atoms with van der Waals surface area (Å²) >= 11 is 0. The smallest absolute Gasteiger partial charge is 0.311 e. The second-order valence-electron chi connectivity index (χ2n) is 10.9. The van der Waals surface area contributed by atoms with Crippen LogP contribution in [-0.2, 0) is 22.5 Å². The minimum absolute atomic E-state index is 0.166. The molecular formula is C32H50NO3+. The van der Waals surface area contributed by atoms with Crippen molar-refractivity contribution in [1.29, 1.82) is 0 Å². The Labute approximate surface area is 220 Å². The Hall–Kier alpha value is -2.33. The van der Waals surface area contributed by atoms with Crippen LogP contribution in [0.25, 0.3) is 0 Å². The van der Waals surface area contributed by atoms with E-state index in [2.05, 4.69) is 64.3 Å². The molecule has 36 heavy (non-hydrogen) atoms. The zero-order valence-corrected chi connectivity index (χ0v) is 23.5. The molecule has 4 nitrogen and oxygen atoms in total. The Morgan fingerprint density at radius 1 is 0.806 bits per heavy atom. The molecule has 0 amide bonds. The van der Waals surface area contributed by atoms with Crippen molar-refractivity contribution in [2.75, 3.05) is 20.6 Å². The predicted octanol–water partition coefficient (Wildman–Crippen LogP) is 7.94. The lowest BCUT2D eigenvalue weighted by Crippen LogP contribution is -2.41. The summed E-state index contributed by atoms with van der Waals surface area (Å²) in [6.45, 7) is 8.15. The van der Waals surface area contributed by atoms with Gasteiger partial charge in [0.25, 0.3) is 0 Å². The molecule has 0 saturated heterocycles. The molecular weight excluding hydrogens is 446 g/mol. The SMILES string of the molecule is CCCCCCCCc1ccc(OC(CCC)OC(=O)C(C)CC[N+](C)(C)Cc2ccccc2)cc1. The van der Waals surface area contributed by atoms with Gasteiger partial charge in [0.2, 0.25) is 6.29 Å². The van der Waals surface area contributed by atoms with Crippen LogP contribution in [0.1, 0.15) is 89.7 Å². The molecule has 2 aromatic carbocycles. The van der Waals surface area contributed by atoms with Crippen LogP contribution in [0.2, 0.25) is 0 Å². The highest BCUT2D eigenvalue weighted by Gasteiger charge is 2.24. The summed E-state index contributed by atoms with van der Waals surface area (Å²) in [7, 11) is 4.42. The quantitative estimate of drug-likeness (QED) is 0.0909. The summed E-state index contributed by atoms with van der Waals surface area (Å²) in [6.07, 6.45) is 10.8. The van der Waals surface area contributed by atoms with Crippen LogP contribution >= 0.6 is 0 Å². The third-order valence-electron chi connectivity index (χ3n) is 6.81. The Morgan fingerprint density at radius 3 is 2.14 bits per heavy atom. The Kier molecular flexibility index (Phi) is 13.6. The molecule has 0 bridgehead atoms. The van der Waals surface area contributed by atoms with Crippen LogP contribution in [0, 0.1) is 5.92 Å². The van der Waals surface area contributed by atoms with Gasteiger partial charge in [-0.15, -0.1) is 0 Å². The van der Waals surface area contributed by atoms with E-state index >= 15 is 0 Å². The number of rotatable bonds is 18. The first-order chi connectivity index (χ1) is 17.3. The summed E-state index contributed by atoms with van der Waals surface area (Å²) in [6, 6.07) is 18.8. The number of esters is 1. The van der Waals surface area contributed by atoms with Crippen LogP contribution < -0.4 is 4.74 Å². The van der Waals surface area contributed by atoms with Gasteiger partial charge < -0.3 is 14.0 Å². The molecule has 0 N–H and O–H groups in total. The first kappa shape index (κ1) is 29.9. The van der Waals surface area contributed by atoms with E-state index in [-0.39, 0.29) is 11.9 Å². The van der Waals surface area contributed by atoms with E-state index < -0.39 is 6.29 Å². The fourth-order valence-electron chi connectivity index (χ4n) is 4.44. The maximum absolute atomic E-state index is 12.9. The largest absolute Gasteiger partial charge is 0.455 e. The molecule has 0 aliphatic heterocycles. The second kappa shape index (κ2) is 16.4. The number of hydrogen-bond donors (Lipinski definition) is 0. The number of unbranched alkanes of at least 4 members (excludes halogenated alkanes) is 5. The van der Waals surface area contributed by atoms with Gasteiger partial charge in [-0.05, 0) is 37.0 Å². The van der Waals surface area contributed by atoms with E-state index in [1.165, 1.54) is 49.7 Å². The summed E-state index contributed by atoms with van der Waals surface area (Å²) in [4.78, 5) is 12.9. The average Bonchev–Trinajstić information content (AvgIpc) is 2.86. The van der Waals surface area contributed by atoms with Gasteiger partial charge in [0.15, 0.2) is 0 Å². The number of ether oxygens (including phenoxy) is 2. The first-order valence-electron chi connectivity index (χ1n) is 14.1. The summed E-state index contributed by atoms with van der Waals surface area (Å²) in [5, 5.41) is 0. The number of carbonyl (C=O) groups excluding carboxylic acids is 1. The molecule has 0 aromatic heterocycles. The van der Waals surface area contributed by atoms with Crippen molar-refractivity contribution in [2.24, 2.45) is 5.92 Å². The predicted molar refractivity (Wildman–Crippen MR) is 150 cm³/mol. The highest BCUT2D eigenvalue weighted by Crippen LogP contribution is 2.20. The highest BCUT2D eigenvalue weighted by atomic mass is 16.7. The molecule has 0 fully saturated rings. The molecule has 2 aromatic rings. The van der Waals surface area contributed by atoms with Crippen LogP contribution in [0.3, 0.4) is 0 Å². The molecule has 0 aliphatic rings. The third-order valence-corrected chi connectivity index (χ3v) is 6.81. The molecule has 0 radical (unpaired) electrons. The van der Waals surface area contributed by atoms with Gasteiger partial charge in [-0.25, -0.2) is 0 Å². The lowest BCUT2D eigenvalue weighted by atomic mass is 10.0. The van der Waals surface area contributed by atoms with Crippen molar-refractivity contribution in [3.8, 4) is 5.75 Å². The number of hydrogen-bond acceptors (Lipinski definition) is 3. The van der Waals surface area contributed by atoms with Gasteiger partial charge in [0.1, 0.15) is 12.3 Å². The molecule has 0 spiro atoms. The molecule has 200 valence electrons. The van der Waals surface area contributed by atoms with Crippen LogP contribution in [0.4, 0.5) is 0 Å². The topological polar surface area (TPSA) is 35.5 Å². The van der Waals surface area contributed by atoms with E-state index in [0.717, 1.165) is 42.6 Å². The van der Waals surface area contributed by atoms with Crippen molar-refractivity contribution in [2.45, 2.75) is 97.8 Å². The van der Waals surface area contributed by atoms with Crippen molar-refractivity contribution in [1.82, 2.24) is 0 Å². The standard InChI is InChI=1S/C32H50NO3/c1-6-8-9-10-11-13-17-28-20-22-30(23-21-28)35-31(16-7-2)36-32(34)27(3)24-25-33(4,5)26-29-18-14-12-15-19-29/h12,14-15,18-23,27,31H,6-11,13,16-17,24-26H2,1-5H3/q+1. The van der Waals surface area contributed by atoms with E-state index in [0.29, 0.717) is 6.42 Å². The maximum atomic E-state index is 12.9. The van der Waals surface area contributed by atoms with Crippen LogP contribution in [-0.4, -0.2) is 37.4 Å². The monoisotopic (exact) mass is 496 g/mol. The summed E-state index contributed by atoms with van der Waals surface area (Å²) in [5.41, 5.74) is 2.65. The number of carbonyl (C=O) groups is 1. The van der Waals surface area contributed by atoms with Gasteiger partial charge in [-0.3, -0.25) is 4.79 Å². The number of nitrogens with zero attached hydrogens (tertiary/aromatic N) is 1. The van der Waals surface area contributed by atoms with Crippen molar-refractivity contribution >= 4 is 5.97 Å². The van der Waals surface area contributed by atoms with Gasteiger partial charge in [0.05, 0.1) is 26.6 Å². The van der Waals surface area contributed by atoms with E-state index in [1.807, 2.05) is 25.1 Å². The fraction of sp³-hybridized carbons (Fsp3) is 0.594. The molecule has 0 heterocycles. The lowest BCUT2D eigenvalue weighted by molar-refractivity contribution is -0.904. The lowest BCUT2D eigenvalue weighted by Gasteiger charge is -2.31. The van der Waals surface area contributed by atoms with E-state index in [4.69, 9.17) is 9.47 Å². The number of benzene rings is 2. The minimum atomic E-state index is -0.541.